The standard InChI is InChI=1S/C13H17FN4/c1-9(2)4-15-6-11-7-17-18-13(11)10-3-12(14)8-16-5-10/h3,5,7-9,15H,4,6H2,1-2H3,(H,17,18). The van der Waals surface area contributed by atoms with E-state index in [9.17, 15) is 4.39 Å². The van der Waals surface area contributed by atoms with E-state index in [0.717, 1.165) is 17.8 Å². The van der Waals surface area contributed by atoms with E-state index in [1.54, 1.807) is 12.4 Å². The van der Waals surface area contributed by atoms with Gasteiger partial charge < -0.3 is 5.32 Å². The monoisotopic (exact) mass is 248 g/mol. The average Bonchev–Trinajstić information content (AvgIpc) is 2.77. The molecule has 0 unspecified atom stereocenters. The first-order chi connectivity index (χ1) is 8.66. The number of aromatic nitrogens is 3. The SMILES string of the molecule is CC(C)CNCc1cn[nH]c1-c1cncc(F)c1. The summed E-state index contributed by atoms with van der Waals surface area (Å²) in [6.07, 6.45) is 4.58. The molecule has 18 heavy (non-hydrogen) atoms. The van der Waals surface area contributed by atoms with Crippen molar-refractivity contribution in [2.75, 3.05) is 6.54 Å². The fourth-order valence-corrected chi connectivity index (χ4v) is 1.74. The second kappa shape index (κ2) is 5.73. The van der Waals surface area contributed by atoms with Gasteiger partial charge in [0.15, 0.2) is 0 Å². The highest BCUT2D eigenvalue weighted by molar-refractivity contribution is 5.61. The summed E-state index contributed by atoms with van der Waals surface area (Å²) >= 11 is 0. The molecule has 0 aliphatic carbocycles. The lowest BCUT2D eigenvalue weighted by molar-refractivity contribution is 0.552. The van der Waals surface area contributed by atoms with E-state index in [2.05, 4.69) is 34.3 Å². The van der Waals surface area contributed by atoms with Crippen LogP contribution in [0, 0.1) is 11.7 Å². The molecule has 2 heterocycles. The molecule has 0 bridgehead atoms. The van der Waals surface area contributed by atoms with Crippen molar-refractivity contribution >= 4 is 0 Å². The number of pyridine rings is 1. The van der Waals surface area contributed by atoms with Crippen LogP contribution in [0.15, 0.2) is 24.7 Å². The van der Waals surface area contributed by atoms with Gasteiger partial charge in [0.2, 0.25) is 0 Å². The molecule has 2 rings (SSSR count). The highest BCUT2D eigenvalue weighted by Gasteiger charge is 2.08. The fourth-order valence-electron chi connectivity index (χ4n) is 1.74. The van der Waals surface area contributed by atoms with E-state index >= 15 is 0 Å². The zero-order valence-corrected chi connectivity index (χ0v) is 10.6. The van der Waals surface area contributed by atoms with Crippen LogP contribution >= 0.6 is 0 Å². The lowest BCUT2D eigenvalue weighted by Crippen LogP contribution is -2.19. The zero-order valence-electron chi connectivity index (χ0n) is 10.6. The molecule has 0 aliphatic rings. The number of hydrogen-bond acceptors (Lipinski definition) is 3. The van der Waals surface area contributed by atoms with Gasteiger partial charge in [0, 0.05) is 23.9 Å². The van der Waals surface area contributed by atoms with Crippen LogP contribution in [0.2, 0.25) is 0 Å². The quantitative estimate of drug-likeness (QED) is 0.854. The summed E-state index contributed by atoms with van der Waals surface area (Å²) in [6.45, 7) is 5.95. The van der Waals surface area contributed by atoms with E-state index in [0.29, 0.717) is 18.0 Å². The number of aromatic amines is 1. The van der Waals surface area contributed by atoms with Gasteiger partial charge in [-0.2, -0.15) is 5.10 Å². The average molecular weight is 248 g/mol. The van der Waals surface area contributed by atoms with Crippen molar-refractivity contribution in [2.24, 2.45) is 5.92 Å². The molecular formula is C13H17FN4. The molecule has 0 radical (unpaired) electrons. The highest BCUT2D eigenvalue weighted by Crippen LogP contribution is 2.20. The van der Waals surface area contributed by atoms with Crippen molar-refractivity contribution in [2.45, 2.75) is 20.4 Å². The van der Waals surface area contributed by atoms with Crippen molar-refractivity contribution in [3.8, 4) is 11.3 Å². The Balaban J connectivity index is 2.12. The van der Waals surface area contributed by atoms with Gasteiger partial charge in [0.25, 0.3) is 0 Å². The molecule has 0 amide bonds. The molecule has 0 saturated heterocycles. The maximum Gasteiger partial charge on any atom is 0.142 e. The molecule has 0 saturated carbocycles. The van der Waals surface area contributed by atoms with Crippen molar-refractivity contribution in [3.63, 3.8) is 0 Å². The Bertz CT molecular complexity index is 507. The summed E-state index contributed by atoms with van der Waals surface area (Å²) < 4.78 is 13.1. The van der Waals surface area contributed by atoms with Crippen LogP contribution in [0.4, 0.5) is 4.39 Å². The zero-order chi connectivity index (χ0) is 13.0. The number of hydrogen-bond donors (Lipinski definition) is 2. The van der Waals surface area contributed by atoms with E-state index in [1.165, 1.54) is 12.3 Å². The number of H-pyrrole nitrogens is 1. The van der Waals surface area contributed by atoms with Gasteiger partial charge in [0.05, 0.1) is 18.1 Å². The summed E-state index contributed by atoms with van der Waals surface area (Å²) in [4.78, 5) is 3.85. The Morgan fingerprint density at radius 3 is 2.89 bits per heavy atom. The van der Waals surface area contributed by atoms with Gasteiger partial charge in [-0.3, -0.25) is 10.1 Å². The van der Waals surface area contributed by atoms with Gasteiger partial charge in [-0.25, -0.2) is 4.39 Å². The second-order valence-electron chi connectivity index (χ2n) is 4.69. The Morgan fingerprint density at radius 1 is 1.33 bits per heavy atom. The van der Waals surface area contributed by atoms with Crippen molar-refractivity contribution in [1.29, 1.82) is 0 Å². The minimum absolute atomic E-state index is 0.344. The molecule has 0 spiro atoms. The summed E-state index contributed by atoms with van der Waals surface area (Å²) in [6, 6.07) is 1.45. The summed E-state index contributed by atoms with van der Waals surface area (Å²) in [7, 11) is 0. The van der Waals surface area contributed by atoms with Crippen molar-refractivity contribution < 1.29 is 4.39 Å². The molecule has 4 nitrogen and oxygen atoms in total. The predicted molar refractivity (Wildman–Crippen MR) is 68.3 cm³/mol. The van der Waals surface area contributed by atoms with Crippen LogP contribution in [0.3, 0.4) is 0 Å². The Morgan fingerprint density at radius 2 is 2.17 bits per heavy atom. The summed E-state index contributed by atoms with van der Waals surface area (Å²) in [5.74, 6) is 0.249. The number of rotatable bonds is 5. The third-order valence-corrected chi connectivity index (χ3v) is 2.58. The molecule has 0 aliphatic heterocycles. The van der Waals surface area contributed by atoms with Gasteiger partial charge in [-0.15, -0.1) is 0 Å². The Labute approximate surface area is 106 Å². The Kier molecular flexibility index (Phi) is 4.04. The third kappa shape index (κ3) is 3.13. The summed E-state index contributed by atoms with van der Waals surface area (Å²) in [5.41, 5.74) is 2.55. The first-order valence-electron chi connectivity index (χ1n) is 6.00. The van der Waals surface area contributed by atoms with Gasteiger partial charge in [-0.05, 0) is 18.5 Å². The van der Waals surface area contributed by atoms with Crippen LogP contribution in [0.1, 0.15) is 19.4 Å². The smallest absolute Gasteiger partial charge is 0.142 e. The fraction of sp³-hybridized carbons (Fsp3) is 0.385. The second-order valence-corrected chi connectivity index (χ2v) is 4.69. The number of nitrogens with one attached hydrogen (secondary N) is 2. The minimum Gasteiger partial charge on any atom is -0.312 e. The van der Waals surface area contributed by atoms with Crippen LogP contribution < -0.4 is 5.32 Å². The molecule has 0 atom stereocenters. The number of nitrogens with zero attached hydrogens (tertiary/aromatic N) is 2. The minimum atomic E-state index is -0.344. The van der Waals surface area contributed by atoms with Crippen LogP contribution in [-0.2, 0) is 6.54 Å². The normalized spacial score (nSPS) is 11.1. The van der Waals surface area contributed by atoms with Crippen LogP contribution in [0.25, 0.3) is 11.3 Å². The third-order valence-electron chi connectivity index (χ3n) is 2.58. The van der Waals surface area contributed by atoms with E-state index in [1.807, 2.05) is 0 Å². The Hall–Kier alpha value is -1.75. The molecule has 96 valence electrons. The van der Waals surface area contributed by atoms with E-state index < -0.39 is 0 Å². The van der Waals surface area contributed by atoms with Crippen molar-refractivity contribution in [3.05, 3.63) is 36.0 Å². The van der Waals surface area contributed by atoms with Gasteiger partial charge >= 0.3 is 0 Å². The van der Waals surface area contributed by atoms with Crippen LogP contribution in [0.5, 0.6) is 0 Å². The predicted octanol–water partition coefficient (Wildman–Crippen LogP) is 2.36. The molecule has 5 heteroatoms. The lowest BCUT2D eigenvalue weighted by Gasteiger charge is -2.07. The van der Waals surface area contributed by atoms with Crippen molar-refractivity contribution in [1.82, 2.24) is 20.5 Å². The molecule has 2 aromatic rings. The van der Waals surface area contributed by atoms with E-state index in [4.69, 9.17) is 0 Å². The molecule has 0 aromatic carbocycles. The summed E-state index contributed by atoms with van der Waals surface area (Å²) in [5, 5.41) is 10.2. The maximum absolute atomic E-state index is 13.1. The molecular weight excluding hydrogens is 231 g/mol. The van der Waals surface area contributed by atoms with Gasteiger partial charge in [0.1, 0.15) is 5.82 Å². The topological polar surface area (TPSA) is 53.6 Å². The molecule has 0 fully saturated rings. The molecule has 2 aromatic heterocycles. The number of halogens is 1. The van der Waals surface area contributed by atoms with Crippen LogP contribution in [-0.4, -0.2) is 21.7 Å². The molecule has 2 N–H and O–H groups in total. The maximum atomic E-state index is 13.1. The van der Waals surface area contributed by atoms with Gasteiger partial charge in [-0.1, -0.05) is 13.8 Å². The largest absolute Gasteiger partial charge is 0.312 e. The lowest BCUT2D eigenvalue weighted by atomic mass is 10.1. The first kappa shape index (κ1) is 12.7. The first-order valence-corrected chi connectivity index (χ1v) is 6.00. The highest BCUT2D eigenvalue weighted by atomic mass is 19.1. The van der Waals surface area contributed by atoms with E-state index in [-0.39, 0.29) is 5.82 Å².